The van der Waals surface area contributed by atoms with Crippen molar-refractivity contribution in [3.05, 3.63) is 23.8 Å². The first-order valence-electron chi connectivity index (χ1n) is 6.57. The second kappa shape index (κ2) is 3.56. The van der Waals surface area contributed by atoms with Crippen LogP contribution in [0.5, 0.6) is 0 Å². The van der Waals surface area contributed by atoms with E-state index in [1.807, 2.05) is 6.92 Å². The molecule has 2 fully saturated rings. The van der Waals surface area contributed by atoms with E-state index < -0.39 is 0 Å². The highest BCUT2D eigenvalue weighted by Gasteiger charge is 2.51. The van der Waals surface area contributed by atoms with Crippen LogP contribution < -0.4 is 0 Å². The average molecular weight is 246 g/mol. The van der Waals surface area contributed by atoms with Crippen molar-refractivity contribution in [2.75, 3.05) is 0 Å². The lowest BCUT2D eigenvalue weighted by atomic mass is 9.57. The lowest BCUT2D eigenvalue weighted by molar-refractivity contribution is -0.138. The molecule has 0 amide bonds. The fourth-order valence-electron chi connectivity index (χ4n) is 3.65. The van der Waals surface area contributed by atoms with Gasteiger partial charge < -0.3 is 4.74 Å². The zero-order valence-corrected chi connectivity index (χ0v) is 10.9. The summed E-state index contributed by atoms with van der Waals surface area (Å²) in [5.74, 6) is 0.147. The summed E-state index contributed by atoms with van der Waals surface area (Å²) in [5.41, 5.74) is 1.74. The van der Waals surface area contributed by atoms with Gasteiger partial charge in [0, 0.05) is 23.8 Å². The molecule has 0 aromatic rings. The molecule has 0 radical (unpaired) electrons. The van der Waals surface area contributed by atoms with Gasteiger partial charge >= 0.3 is 5.97 Å². The molecule has 0 N–H and O–H groups in total. The predicted molar refractivity (Wildman–Crippen MR) is 66.7 cm³/mol. The molecular formula is C15H18O3. The minimum atomic E-state index is -0.275. The molecule has 2 aliphatic carbocycles. The molecule has 18 heavy (non-hydrogen) atoms. The van der Waals surface area contributed by atoms with Gasteiger partial charge in [-0.3, -0.25) is 4.79 Å². The third-order valence-corrected chi connectivity index (χ3v) is 5.17. The highest BCUT2D eigenvalue weighted by Crippen LogP contribution is 2.53. The monoisotopic (exact) mass is 246 g/mol. The second-order valence-corrected chi connectivity index (χ2v) is 6.00. The summed E-state index contributed by atoms with van der Waals surface area (Å²) in [6.45, 7) is 8.00. The van der Waals surface area contributed by atoms with Crippen LogP contribution in [0.2, 0.25) is 0 Å². The van der Waals surface area contributed by atoms with E-state index in [4.69, 9.17) is 4.74 Å². The van der Waals surface area contributed by atoms with Crippen LogP contribution in [0.25, 0.3) is 0 Å². The molecule has 1 aliphatic heterocycles. The zero-order chi connectivity index (χ0) is 13.1. The van der Waals surface area contributed by atoms with E-state index in [1.54, 1.807) is 0 Å². The lowest BCUT2D eigenvalue weighted by Gasteiger charge is -2.46. The van der Waals surface area contributed by atoms with Gasteiger partial charge in [-0.15, -0.1) is 0 Å². The zero-order valence-electron chi connectivity index (χ0n) is 10.9. The summed E-state index contributed by atoms with van der Waals surface area (Å²) in [7, 11) is 0. The molecule has 3 heteroatoms. The Balaban J connectivity index is 2.02. The molecule has 3 nitrogen and oxygen atoms in total. The predicted octanol–water partition coefficient (Wildman–Crippen LogP) is 2.42. The number of ketones is 1. The van der Waals surface area contributed by atoms with Gasteiger partial charge in [-0.05, 0) is 24.3 Å². The number of fused-ring (bicyclic) bond motifs is 2. The summed E-state index contributed by atoms with van der Waals surface area (Å²) in [6, 6.07) is 0. The normalized spacial score (nSPS) is 43.1. The lowest BCUT2D eigenvalue weighted by Crippen LogP contribution is -2.43. The maximum absolute atomic E-state index is 11.9. The Morgan fingerprint density at radius 2 is 2.11 bits per heavy atom. The molecule has 96 valence electrons. The SMILES string of the molecule is C=C1C(=O)OC2C=C3CCC(=O)C(C)C3(C)CC12. The van der Waals surface area contributed by atoms with Crippen molar-refractivity contribution in [1.29, 1.82) is 0 Å². The van der Waals surface area contributed by atoms with Crippen molar-refractivity contribution in [1.82, 2.24) is 0 Å². The standard InChI is InChI=1S/C15H18O3/c1-8-11-7-15(3)9(2)12(16)5-4-10(15)6-13(11)18-14(8)17/h6,9,11,13H,1,4-5,7H2,2-3H3. The summed E-state index contributed by atoms with van der Waals surface area (Å²) in [5, 5.41) is 0. The van der Waals surface area contributed by atoms with Gasteiger partial charge in [-0.1, -0.05) is 26.0 Å². The number of carbonyl (C=O) groups excluding carboxylic acids is 2. The topological polar surface area (TPSA) is 43.4 Å². The molecule has 0 aromatic heterocycles. The number of esters is 1. The second-order valence-electron chi connectivity index (χ2n) is 6.00. The third-order valence-electron chi connectivity index (χ3n) is 5.17. The van der Waals surface area contributed by atoms with Crippen LogP contribution in [0.4, 0.5) is 0 Å². The minimum Gasteiger partial charge on any atom is -0.454 e. The van der Waals surface area contributed by atoms with E-state index >= 15 is 0 Å². The molecule has 3 rings (SSSR count). The van der Waals surface area contributed by atoms with Gasteiger partial charge in [0.1, 0.15) is 11.9 Å². The van der Waals surface area contributed by atoms with Crippen LogP contribution in [0.1, 0.15) is 33.1 Å². The Kier molecular flexibility index (Phi) is 2.31. The van der Waals surface area contributed by atoms with Crippen LogP contribution in [0.15, 0.2) is 23.8 Å². The summed E-state index contributed by atoms with van der Waals surface area (Å²) >= 11 is 0. The van der Waals surface area contributed by atoms with Gasteiger partial charge in [0.2, 0.25) is 0 Å². The first-order chi connectivity index (χ1) is 8.43. The quantitative estimate of drug-likeness (QED) is 0.374. The van der Waals surface area contributed by atoms with E-state index in [0.717, 1.165) is 12.8 Å². The van der Waals surface area contributed by atoms with Gasteiger partial charge in [0.15, 0.2) is 0 Å². The number of ether oxygens (including phenoxy) is 1. The first-order valence-corrected chi connectivity index (χ1v) is 6.57. The van der Waals surface area contributed by atoms with Crippen molar-refractivity contribution in [3.63, 3.8) is 0 Å². The van der Waals surface area contributed by atoms with Crippen molar-refractivity contribution in [2.45, 2.75) is 39.2 Å². The van der Waals surface area contributed by atoms with Crippen LogP contribution in [-0.2, 0) is 14.3 Å². The van der Waals surface area contributed by atoms with Crippen molar-refractivity contribution < 1.29 is 14.3 Å². The van der Waals surface area contributed by atoms with E-state index in [0.29, 0.717) is 17.8 Å². The third kappa shape index (κ3) is 1.36. The number of Topliss-reactive ketones (excluding diaryl/α,β-unsaturated/α-hetero) is 1. The molecule has 1 saturated carbocycles. The Hall–Kier alpha value is -1.38. The van der Waals surface area contributed by atoms with E-state index in [-0.39, 0.29) is 29.3 Å². The summed E-state index contributed by atoms with van der Waals surface area (Å²) < 4.78 is 5.33. The van der Waals surface area contributed by atoms with Crippen LogP contribution in [0.3, 0.4) is 0 Å². The van der Waals surface area contributed by atoms with Crippen molar-refractivity contribution in [3.8, 4) is 0 Å². The van der Waals surface area contributed by atoms with E-state index in [9.17, 15) is 9.59 Å². The van der Waals surface area contributed by atoms with Crippen LogP contribution in [0, 0.1) is 17.3 Å². The summed E-state index contributed by atoms with van der Waals surface area (Å²) in [4.78, 5) is 23.5. The summed E-state index contributed by atoms with van der Waals surface area (Å²) in [6.07, 6.45) is 4.17. The molecule has 0 spiro atoms. The molecule has 0 aromatic carbocycles. The maximum Gasteiger partial charge on any atom is 0.334 e. The number of rotatable bonds is 0. The molecular weight excluding hydrogens is 228 g/mol. The van der Waals surface area contributed by atoms with Gasteiger partial charge in [-0.25, -0.2) is 4.79 Å². The number of allylic oxidation sites excluding steroid dienone is 1. The Morgan fingerprint density at radius 1 is 1.39 bits per heavy atom. The number of carbonyl (C=O) groups is 2. The highest BCUT2D eigenvalue weighted by atomic mass is 16.5. The fraction of sp³-hybridized carbons (Fsp3) is 0.600. The Bertz CT molecular complexity index is 488. The molecule has 4 atom stereocenters. The average Bonchev–Trinajstić information content (AvgIpc) is 2.60. The molecule has 4 unspecified atom stereocenters. The molecule has 1 heterocycles. The molecule has 1 saturated heterocycles. The van der Waals surface area contributed by atoms with Crippen molar-refractivity contribution in [2.24, 2.45) is 17.3 Å². The van der Waals surface area contributed by atoms with E-state index in [1.165, 1.54) is 5.57 Å². The van der Waals surface area contributed by atoms with Crippen LogP contribution >= 0.6 is 0 Å². The maximum atomic E-state index is 11.9. The fourth-order valence-corrected chi connectivity index (χ4v) is 3.65. The van der Waals surface area contributed by atoms with Crippen molar-refractivity contribution >= 4 is 11.8 Å². The van der Waals surface area contributed by atoms with Gasteiger partial charge in [-0.2, -0.15) is 0 Å². The van der Waals surface area contributed by atoms with Crippen LogP contribution in [-0.4, -0.2) is 17.9 Å². The molecule has 3 aliphatic rings. The number of hydrogen-bond acceptors (Lipinski definition) is 3. The smallest absolute Gasteiger partial charge is 0.334 e. The Labute approximate surface area is 107 Å². The largest absolute Gasteiger partial charge is 0.454 e. The number of hydrogen-bond donors (Lipinski definition) is 0. The van der Waals surface area contributed by atoms with Gasteiger partial charge in [0.05, 0.1) is 0 Å². The molecule has 0 bridgehead atoms. The Morgan fingerprint density at radius 3 is 2.83 bits per heavy atom. The first kappa shape index (κ1) is 11.7. The van der Waals surface area contributed by atoms with E-state index in [2.05, 4.69) is 19.6 Å². The highest BCUT2D eigenvalue weighted by molar-refractivity contribution is 5.91. The minimum absolute atomic E-state index is 0.0296. The van der Waals surface area contributed by atoms with Gasteiger partial charge in [0.25, 0.3) is 0 Å².